The molecule has 1 aliphatic heterocycles. The topological polar surface area (TPSA) is 67.2 Å². The summed E-state index contributed by atoms with van der Waals surface area (Å²) in [4.78, 5) is 32.4. The number of benzene rings is 2. The molecule has 0 fully saturated rings. The Labute approximate surface area is 210 Å². The van der Waals surface area contributed by atoms with Gasteiger partial charge in [0.2, 0.25) is 5.95 Å². The molecule has 0 saturated heterocycles. The molecule has 1 N–H and O–H groups in total. The molecule has 1 aliphatic rings. The van der Waals surface area contributed by atoms with Gasteiger partial charge in [0.25, 0.3) is 11.5 Å². The van der Waals surface area contributed by atoms with Crippen LogP contribution in [-0.4, -0.2) is 33.4 Å². The van der Waals surface area contributed by atoms with Crippen molar-refractivity contribution in [2.75, 3.05) is 18.4 Å². The number of fused-ring (bicyclic) bond motifs is 1. The fourth-order valence-corrected chi connectivity index (χ4v) is 4.16. The van der Waals surface area contributed by atoms with Crippen LogP contribution in [0.5, 0.6) is 0 Å². The number of nitrogens with one attached hydrogen (secondary N) is 1. The van der Waals surface area contributed by atoms with E-state index in [1.54, 1.807) is 0 Å². The predicted octanol–water partition coefficient (Wildman–Crippen LogP) is 4.28. The number of rotatable bonds is 7. The van der Waals surface area contributed by atoms with Crippen LogP contribution in [0.3, 0.4) is 0 Å². The van der Waals surface area contributed by atoms with E-state index in [4.69, 9.17) is 6.42 Å². The SMILES string of the molecule is C#CCCn1c(NCCc2ccc(C(F)(F)F)cc2)nc2c(c1=O)CN(C(=O)c1ccc(F)cc1)CC2. The van der Waals surface area contributed by atoms with Gasteiger partial charge in [-0.25, -0.2) is 9.37 Å². The summed E-state index contributed by atoms with van der Waals surface area (Å²) in [6.45, 7) is 0.959. The van der Waals surface area contributed by atoms with Gasteiger partial charge >= 0.3 is 6.18 Å². The van der Waals surface area contributed by atoms with Gasteiger partial charge in [0, 0.05) is 38.0 Å². The molecule has 0 radical (unpaired) electrons. The highest BCUT2D eigenvalue weighted by Gasteiger charge is 2.30. The molecule has 0 bridgehead atoms. The van der Waals surface area contributed by atoms with Crippen LogP contribution in [0.4, 0.5) is 23.5 Å². The van der Waals surface area contributed by atoms with Crippen molar-refractivity contribution in [1.29, 1.82) is 0 Å². The van der Waals surface area contributed by atoms with Crippen LogP contribution in [0.2, 0.25) is 0 Å². The minimum atomic E-state index is -4.39. The van der Waals surface area contributed by atoms with E-state index < -0.39 is 17.6 Å². The van der Waals surface area contributed by atoms with Crippen molar-refractivity contribution < 1.29 is 22.4 Å². The van der Waals surface area contributed by atoms with Crippen molar-refractivity contribution in [1.82, 2.24) is 14.5 Å². The summed E-state index contributed by atoms with van der Waals surface area (Å²) in [5, 5.41) is 3.12. The summed E-state index contributed by atoms with van der Waals surface area (Å²) >= 11 is 0. The van der Waals surface area contributed by atoms with E-state index >= 15 is 0 Å². The first-order valence-electron chi connectivity index (χ1n) is 11.7. The fraction of sp³-hybridized carbons (Fsp3) is 0.296. The summed E-state index contributed by atoms with van der Waals surface area (Å²) in [5.74, 6) is 2.07. The Balaban J connectivity index is 1.51. The molecule has 10 heteroatoms. The molecule has 3 aromatic rings. The van der Waals surface area contributed by atoms with E-state index in [0.717, 1.165) is 12.1 Å². The molecule has 1 aromatic heterocycles. The number of hydrogen-bond donors (Lipinski definition) is 1. The number of nitrogens with zero attached hydrogens (tertiary/aromatic N) is 3. The molecule has 0 atom stereocenters. The fourth-order valence-electron chi connectivity index (χ4n) is 4.16. The van der Waals surface area contributed by atoms with Crippen molar-refractivity contribution in [2.45, 2.75) is 38.5 Å². The zero-order valence-corrected chi connectivity index (χ0v) is 19.8. The standard InChI is InChI=1S/C27H24F4N4O2/c1-2-3-15-35-25(37)22-17-34(24(36)19-6-10-21(28)11-7-19)16-13-23(22)33-26(35)32-14-12-18-4-8-20(9-5-18)27(29,30)31/h1,4-11H,3,12-17H2,(H,32,33). The second kappa shape index (κ2) is 10.9. The molecule has 0 saturated carbocycles. The van der Waals surface area contributed by atoms with Crippen LogP contribution in [0.1, 0.15) is 39.2 Å². The summed E-state index contributed by atoms with van der Waals surface area (Å²) in [6, 6.07) is 10.1. The lowest BCUT2D eigenvalue weighted by molar-refractivity contribution is -0.137. The highest BCUT2D eigenvalue weighted by Crippen LogP contribution is 2.29. The molecule has 0 aliphatic carbocycles. The second-order valence-corrected chi connectivity index (χ2v) is 8.63. The lowest BCUT2D eigenvalue weighted by Gasteiger charge is -2.29. The Morgan fingerprint density at radius 2 is 1.81 bits per heavy atom. The summed E-state index contributed by atoms with van der Waals surface area (Å²) in [6.07, 6.45) is 2.07. The van der Waals surface area contributed by atoms with Gasteiger partial charge in [-0.3, -0.25) is 14.2 Å². The predicted molar refractivity (Wildman–Crippen MR) is 130 cm³/mol. The molecule has 2 heterocycles. The van der Waals surface area contributed by atoms with Gasteiger partial charge in [-0.05, 0) is 48.4 Å². The number of alkyl halides is 3. The normalized spacial score (nSPS) is 13.1. The summed E-state index contributed by atoms with van der Waals surface area (Å²) in [7, 11) is 0. The molecule has 0 unspecified atom stereocenters. The molecule has 2 aromatic carbocycles. The van der Waals surface area contributed by atoms with E-state index in [2.05, 4.69) is 16.2 Å². The maximum absolute atomic E-state index is 13.4. The molecule has 37 heavy (non-hydrogen) atoms. The summed E-state index contributed by atoms with van der Waals surface area (Å²) in [5.41, 5.74) is 0.969. The number of carbonyl (C=O) groups is 1. The van der Waals surface area contributed by atoms with Crippen LogP contribution < -0.4 is 10.9 Å². The molecule has 4 rings (SSSR count). The molecule has 1 amide bonds. The van der Waals surface area contributed by atoms with Crippen LogP contribution in [0, 0.1) is 18.2 Å². The van der Waals surface area contributed by atoms with E-state index in [-0.39, 0.29) is 31.0 Å². The minimum absolute atomic E-state index is 0.0687. The Kier molecular flexibility index (Phi) is 7.62. The zero-order chi connectivity index (χ0) is 26.6. The van der Waals surface area contributed by atoms with Crippen molar-refractivity contribution in [2.24, 2.45) is 0 Å². The second-order valence-electron chi connectivity index (χ2n) is 8.63. The number of hydrogen-bond acceptors (Lipinski definition) is 4. The van der Waals surface area contributed by atoms with Gasteiger partial charge < -0.3 is 10.2 Å². The zero-order valence-electron chi connectivity index (χ0n) is 19.8. The smallest absolute Gasteiger partial charge is 0.355 e. The lowest BCUT2D eigenvalue weighted by atomic mass is 10.1. The van der Waals surface area contributed by atoms with Crippen molar-refractivity contribution in [3.63, 3.8) is 0 Å². The van der Waals surface area contributed by atoms with Gasteiger partial charge in [0.05, 0.1) is 23.4 Å². The number of aromatic nitrogens is 2. The first-order valence-corrected chi connectivity index (χ1v) is 11.7. The van der Waals surface area contributed by atoms with E-state index in [9.17, 15) is 27.2 Å². The monoisotopic (exact) mass is 512 g/mol. The van der Waals surface area contributed by atoms with Crippen molar-refractivity contribution in [3.05, 3.63) is 92.6 Å². The van der Waals surface area contributed by atoms with Crippen molar-refractivity contribution >= 4 is 11.9 Å². The quantitative estimate of drug-likeness (QED) is 0.379. The van der Waals surface area contributed by atoms with Gasteiger partial charge in [0.15, 0.2) is 0 Å². The van der Waals surface area contributed by atoms with Gasteiger partial charge in [-0.15, -0.1) is 12.3 Å². The van der Waals surface area contributed by atoms with Gasteiger partial charge in [-0.2, -0.15) is 13.2 Å². The molecular weight excluding hydrogens is 488 g/mol. The number of amides is 1. The molecule has 0 spiro atoms. The van der Waals surface area contributed by atoms with Crippen LogP contribution in [-0.2, 0) is 32.1 Å². The Bertz CT molecular complexity index is 1370. The number of anilines is 1. The third-order valence-corrected chi connectivity index (χ3v) is 6.15. The average Bonchev–Trinajstić information content (AvgIpc) is 2.88. The maximum atomic E-state index is 13.4. The number of halogens is 4. The highest BCUT2D eigenvalue weighted by molar-refractivity contribution is 5.94. The Morgan fingerprint density at radius 1 is 1.11 bits per heavy atom. The number of terminal acetylenes is 1. The highest BCUT2D eigenvalue weighted by atomic mass is 19.4. The third-order valence-electron chi connectivity index (χ3n) is 6.15. The minimum Gasteiger partial charge on any atom is -0.355 e. The average molecular weight is 513 g/mol. The van der Waals surface area contributed by atoms with E-state index in [1.165, 1.54) is 45.9 Å². The Morgan fingerprint density at radius 3 is 2.46 bits per heavy atom. The van der Waals surface area contributed by atoms with Gasteiger partial charge in [0.1, 0.15) is 5.82 Å². The van der Waals surface area contributed by atoms with Crippen LogP contribution in [0.25, 0.3) is 0 Å². The van der Waals surface area contributed by atoms with Crippen LogP contribution in [0.15, 0.2) is 53.3 Å². The third kappa shape index (κ3) is 6.00. The van der Waals surface area contributed by atoms with E-state index in [1.807, 2.05) is 0 Å². The molecular formula is C27H24F4N4O2. The molecule has 6 nitrogen and oxygen atoms in total. The Hall–Kier alpha value is -4.13. The van der Waals surface area contributed by atoms with E-state index in [0.29, 0.717) is 54.3 Å². The molecule has 192 valence electrons. The van der Waals surface area contributed by atoms with Crippen molar-refractivity contribution in [3.8, 4) is 12.3 Å². The lowest BCUT2D eigenvalue weighted by Crippen LogP contribution is -2.41. The largest absolute Gasteiger partial charge is 0.416 e. The first-order chi connectivity index (χ1) is 17.7. The van der Waals surface area contributed by atoms with Crippen LogP contribution >= 0.6 is 0 Å². The first kappa shape index (κ1) is 25.9. The maximum Gasteiger partial charge on any atom is 0.416 e. The summed E-state index contributed by atoms with van der Waals surface area (Å²) < 4.78 is 53.0. The van der Waals surface area contributed by atoms with Gasteiger partial charge in [-0.1, -0.05) is 12.1 Å². The number of carbonyl (C=O) groups excluding carboxylic acids is 1.